The van der Waals surface area contributed by atoms with E-state index in [-0.39, 0.29) is 18.5 Å². The molecular formula is C15H11F3N2O4. The summed E-state index contributed by atoms with van der Waals surface area (Å²) in [5, 5.41) is 0.313. The number of nitrogens with one attached hydrogen (secondary N) is 1. The number of alkyl halides is 3. The number of rotatable bonds is 0. The van der Waals surface area contributed by atoms with E-state index in [4.69, 9.17) is 15.2 Å². The van der Waals surface area contributed by atoms with Crippen molar-refractivity contribution >= 4 is 22.8 Å². The van der Waals surface area contributed by atoms with E-state index >= 15 is 0 Å². The number of nitrogens with two attached hydrogens (primary N) is 1. The molecule has 126 valence electrons. The van der Waals surface area contributed by atoms with Crippen LogP contribution in [0.5, 0.6) is 0 Å². The number of H-pyrrole nitrogens is 1. The van der Waals surface area contributed by atoms with E-state index in [1.165, 1.54) is 6.07 Å². The number of carbonyl (C=O) groups excluding carboxylic acids is 2. The summed E-state index contributed by atoms with van der Waals surface area (Å²) in [5.41, 5.74) is 6.28. The van der Waals surface area contributed by atoms with Crippen LogP contribution in [-0.4, -0.2) is 23.0 Å². The molecule has 0 saturated carbocycles. The van der Waals surface area contributed by atoms with Crippen molar-refractivity contribution in [3.8, 4) is 0 Å². The van der Waals surface area contributed by atoms with Gasteiger partial charge in [0.25, 0.3) is 0 Å². The molecule has 24 heavy (non-hydrogen) atoms. The number of halogens is 3. The number of hydrogen-bond donors (Lipinski definition) is 2. The van der Waals surface area contributed by atoms with Gasteiger partial charge in [-0.3, -0.25) is 0 Å². The van der Waals surface area contributed by atoms with Gasteiger partial charge in [-0.15, -0.1) is 0 Å². The maximum absolute atomic E-state index is 13.0. The van der Waals surface area contributed by atoms with Crippen LogP contribution in [0.3, 0.4) is 0 Å². The fourth-order valence-electron chi connectivity index (χ4n) is 3.33. The topological polar surface area (TPSA) is 94.4 Å². The average molecular weight is 340 g/mol. The third kappa shape index (κ3) is 2.01. The molecule has 1 aromatic heterocycles. The van der Waals surface area contributed by atoms with Crippen LogP contribution in [0.25, 0.3) is 10.9 Å². The number of aromatic amines is 1. The minimum atomic E-state index is -4.49. The first-order valence-electron chi connectivity index (χ1n) is 7.14. The summed E-state index contributed by atoms with van der Waals surface area (Å²) in [6.07, 6.45) is -4.18. The van der Waals surface area contributed by atoms with Crippen LogP contribution < -0.4 is 5.73 Å². The van der Waals surface area contributed by atoms with Gasteiger partial charge in [-0.2, -0.15) is 13.2 Å². The minimum absolute atomic E-state index is 0.0381. The van der Waals surface area contributed by atoms with Crippen LogP contribution >= 0.6 is 0 Å². The molecule has 9 heteroatoms. The Kier molecular flexibility index (Phi) is 2.82. The number of carbonyl (C=O) groups is 2. The Balaban J connectivity index is 1.93. The van der Waals surface area contributed by atoms with E-state index in [1.54, 1.807) is 0 Å². The zero-order chi connectivity index (χ0) is 17.3. The van der Waals surface area contributed by atoms with Crippen molar-refractivity contribution in [1.29, 1.82) is 0 Å². The average Bonchev–Trinajstić information content (AvgIpc) is 2.97. The lowest BCUT2D eigenvalue weighted by atomic mass is 9.87. The largest absolute Gasteiger partial charge is 0.421 e. The van der Waals surface area contributed by atoms with E-state index in [0.29, 0.717) is 16.5 Å². The fraction of sp³-hybridized carbons (Fsp3) is 0.333. The Morgan fingerprint density at radius 2 is 1.88 bits per heavy atom. The molecule has 2 aromatic rings. The second kappa shape index (κ2) is 4.50. The molecule has 1 spiro atoms. The summed E-state index contributed by atoms with van der Waals surface area (Å²) in [7, 11) is 0. The normalized spacial score (nSPS) is 22.6. The van der Waals surface area contributed by atoms with Crippen LogP contribution in [-0.2, 0) is 37.4 Å². The quantitative estimate of drug-likeness (QED) is 0.562. The SMILES string of the molecule is NC1Cc2c([nH]c3ccc(C(F)(F)F)cc23)C2(C1)OC(=O)C(=O)O2. The number of ether oxygens (including phenoxy) is 2. The number of esters is 2. The molecule has 1 fully saturated rings. The van der Waals surface area contributed by atoms with Gasteiger partial charge < -0.3 is 20.2 Å². The van der Waals surface area contributed by atoms with Crippen LogP contribution in [0, 0.1) is 0 Å². The molecule has 1 aliphatic carbocycles. The molecular weight excluding hydrogens is 329 g/mol. The van der Waals surface area contributed by atoms with Crippen molar-refractivity contribution in [1.82, 2.24) is 4.98 Å². The first kappa shape index (κ1) is 15.0. The zero-order valence-electron chi connectivity index (χ0n) is 12.1. The van der Waals surface area contributed by atoms with Gasteiger partial charge in [0.05, 0.1) is 5.56 Å². The summed E-state index contributed by atoms with van der Waals surface area (Å²) in [4.78, 5) is 25.8. The first-order valence-corrected chi connectivity index (χ1v) is 7.14. The van der Waals surface area contributed by atoms with E-state index in [2.05, 4.69) is 4.98 Å². The highest BCUT2D eigenvalue weighted by molar-refractivity contribution is 6.31. The summed E-state index contributed by atoms with van der Waals surface area (Å²) in [6.45, 7) is 0. The Hall–Kier alpha value is -2.55. The predicted octanol–water partition coefficient (Wildman–Crippen LogP) is 1.71. The highest BCUT2D eigenvalue weighted by Crippen LogP contribution is 2.45. The van der Waals surface area contributed by atoms with Crippen molar-refractivity contribution in [3.05, 3.63) is 35.0 Å². The smallest absolute Gasteiger partial charge is 0.408 e. The van der Waals surface area contributed by atoms with Gasteiger partial charge in [0.1, 0.15) is 5.69 Å². The molecule has 1 atom stereocenters. The minimum Gasteiger partial charge on any atom is -0.408 e. The highest BCUT2D eigenvalue weighted by Gasteiger charge is 2.55. The van der Waals surface area contributed by atoms with Crippen LogP contribution in [0.15, 0.2) is 18.2 Å². The number of fused-ring (bicyclic) bond motifs is 4. The third-order valence-corrected chi connectivity index (χ3v) is 4.29. The molecule has 3 N–H and O–H groups in total. The van der Waals surface area contributed by atoms with Crippen LogP contribution in [0.1, 0.15) is 23.2 Å². The summed E-state index contributed by atoms with van der Waals surface area (Å²) in [6, 6.07) is 2.71. The molecule has 6 nitrogen and oxygen atoms in total. The van der Waals surface area contributed by atoms with Gasteiger partial charge in [0, 0.05) is 23.4 Å². The maximum atomic E-state index is 13.0. The predicted molar refractivity (Wildman–Crippen MR) is 73.5 cm³/mol. The second-order valence-electron chi connectivity index (χ2n) is 5.94. The van der Waals surface area contributed by atoms with E-state index in [0.717, 1.165) is 12.1 Å². The molecule has 0 bridgehead atoms. The molecule has 1 aliphatic heterocycles. The van der Waals surface area contributed by atoms with Gasteiger partial charge >= 0.3 is 23.9 Å². The van der Waals surface area contributed by atoms with E-state index in [9.17, 15) is 22.8 Å². The molecule has 2 aliphatic rings. The van der Waals surface area contributed by atoms with Crippen molar-refractivity contribution in [2.45, 2.75) is 30.8 Å². The van der Waals surface area contributed by atoms with Gasteiger partial charge in [-0.05, 0) is 30.2 Å². The molecule has 0 amide bonds. The number of aromatic nitrogens is 1. The fourth-order valence-corrected chi connectivity index (χ4v) is 3.33. The lowest BCUT2D eigenvalue weighted by molar-refractivity contribution is -0.192. The van der Waals surface area contributed by atoms with Crippen LogP contribution in [0.4, 0.5) is 13.2 Å². The molecule has 1 saturated heterocycles. The number of benzene rings is 1. The Morgan fingerprint density at radius 1 is 1.21 bits per heavy atom. The van der Waals surface area contributed by atoms with Crippen molar-refractivity contribution in [2.24, 2.45) is 5.73 Å². The molecule has 2 heterocycles. The van der Waals surface area contributed by atoms with Gasteiger partial charge in [-0.1, -0.05) is 0 Å². The van der Waals surface area contributed by atoms with E-state index < -0.39 is 35.5 Å². The van der Waals surface area contributed by atoms with E-state index in [1.807, 2.05) is 0 Å². The Labute approximate surface area is 132 Å². The van der Waals surface area contributed by atoms with Gasteiger partial charge in [0.15, 0.2) is 0 Å². The lowest BCUT2D eigenvalue weighted by Gasteiger charge is -2.32. The zero-order valence-corrected chi connectivity index (χ0v) is 12.1. The molecule has 1 aromatic carbocycles. The molecule has 0 radical (unpaired) electrons. The monoisotopic (exact) mass is 340 g/mol. The Morgan fingerprint density at radius 3 is 2.50 bits per heavy atom. The number of hydrogen-bond acceptors (Lipinski definition) is 5. The summed E-state index contributed by atoms with van der Waals surface area (Å²) in [5.74, 6) is -3.99. The summed E-state index contributed by atoms with van der Waals surface area (Å²) < 4.78 is 49.0. The standard InChI is InChI=1S/C15H11F3N2O4/c16-15(17,18)6-1-2-10-8(3-6)9-4-7(19)5-14(11(9)20-10)23-12(21)13(22)24-14/h1-3,7,20H,4-5,19H2. The summed E-state index contributed by atoms with van der Waals surface area (Å²) >= 11 is 0. The van der Waals surface area contributed by atoms with Crippen molar-refractivity contribution in [2.75, 3.05) is 0 Å². The maximum Gasteiger partial charge on any atom is 0.421 e. The highest BCUT2D eigenvalue weighted by atomic mass is 19.4. The lowest BCUT2D eigenvalue weighted by Crippen LogP contribution is -2.42. The van der Waals surface area contributed by atoms with Gasteiger partial charge in [-0.25, -0.2) is 9.59 Å². The molecule has 1 unspecified atom stereocenters. The Bertz CT molecular complexity index is 871. The molecule has 4 rings (SSSR count). The van der Waals surface area contributed by atoms with Crippen molar-refractivity contribution < 1.29 is 32.2 Å². The third-order valence-electron chi connectivity index (χ3n) is 4.29. The second-order valence-corrected chi connectivity index (χ2v) is 5.94. The first-order chi connectivity index (χ1) is 11.2. The van der Waals surface area contributed by atoms with Crippen molar-refractivity contribution in [3.63, 3.8) is 0 Å². The van der Waals surface area contributed by atoms with Crippen LogP contribution in [0.2, 0.25) is 0 Å². The van der Waals surface area contributed by atoms with Gasteiger partial charge in [0.2, 0.25) is 0 Å².